The van der Waals surface area contributed by atoms with E-state index in [9.17, 15) is 0 Å². The first-order chi connectivity index (χ1) is 7.29. The molecule has 0 saturated carbocycles. The number of aromatic nitrogens is 3. The molecule has 0 spiro atoms. The molecule has 1 N–H and O–H groups in total. The smallest absolute Gasteiger partial charge is 0.223 e. The van der Waals surface area contributed by atoms with Gasteiger partial charge in [-0.3, -0.25) is 4.90 Å². The van der Waals surface area contributed by atoms with Crippen LogP contribution in [0.3, 0.4) is 0 Å². The normalized spacial score (nSPS) is 16.1. The van der Waals surface area contributed by atoms with Gasteiger partial charge in [-0.15, -0.1) is 0 Å². The number of rotatable bonds is 4. The fourth-order valence-electron chi connectivity index (χ4n) is 1.69. The maximum Gasteiger partial charge on any atom is 0.223 e. The molecular weight excluding hydrogens is 194 g/mol. The van der Waals surface area contributed by atoms with Crippen molar-refractivity contribution in [1.82, 2.24) is 19.7 Å². The maximum atomic E-state index is 5.02. The number of aryl methyl sites for hydroxylation is 1. The molecule has 1 aliphatic heterocycles. The first kappa shape index (κ1) is 10.4. The van der Waals surface area contributed by atoms with Gasteiger partial charge in [-0.05, 0) is 13.3 Å². The summed E-state index contributed by atoms with van der Waals surface area (Å²) in [5, 5.41) is 7.53. The molecule has 0 atom stereocenters. The Bertz CT molecular complexity index is 324. The molecule has 0 unspecified atom stereocenters. The van der Waals surface area contributed by atoms with Crippen molar-refractivity contribution in [2.24, 2.45) is 0 Å². The van der Waals surface area contributed by atoms with Gasteiger partial charge in [0, 0.05) is 20.3 Å². The minimum absolute atomic E-state index is 0.805. The summed E-state index contributed by atoms with van der Waals surface area (Å²) in [6, 6.07) is 0. The summed E-state index contributed by atoms with van der Waals surface area (Å²) in [7, 11) is 1.73. The highest BCUT2D eigenvalue weighted by Gasteiger charge is 2.16. The predicted octanol–water partition coefficient (Wildman–Crippen LogP) is 0.266. The second kappa shape index (κ2) is 4.59. The van der Waals surface area contributed by atoms with Crippen molar-refractivity contribution in [1.29, 1.82) is 0 Å². The number of anilines is 1. The standard InChI is InChI=1S/C9H17N5O/c1-8-11-9-10-6-13(4-3-5-15-2)7-14(9)12-8/h3-7H2,1-2H3,(H,10,11,12). The van der Waals surface area contributed by atoms with Crippen molar-refractivity contribution in [2.45, 2.75) is 20.0 Å². The third-order valence-electron chi connectivity index (χ3n) is 2.40. The Morgan fingerprint density at radius 2 is 2.40 bits per heavy atom. The fraction of sp³-hybridized carbons (Fsp3) is 0.778. The number of nitrogens with one attached hydrogen (secondary N) is 1. The lowest BCUT2D eigenvalue weighted by atomic mass is 10.4. The monoisotopic (exact) mass is 211 g/mol. The lowest BCUT2D eigenvalue weighted by Gasteiger charge is -2.27. The Labute approximate surface area is 89.2 Å². The molecule has 1 aromatic rings. The first-order valence-electron chi connectivity index (χ1n) is 5.16. The van der Waals surface area contributed by atoms with Crippen molar-refractivity contribution in [3.8, 4) is 0 Å². The molecule has 0 aromatic carbocycles. The van der Waals surface area contributed by atoms with Crippen LogP contribution in [-0.4, -0.2) is 46.6 Å². The summed E-state index contributed by atoms with van der Waals surface area (Å²) >= 11 is 0. The van der Waals surface area contributed by atoms with Crippen LogP contribution >= 0.6 is 0 Å². The molecule has 6 nitrogen and oxygen atoms in total. The molecule has 1 aromatic heterocycles. The van der Waals surface area contributed by atoms with Gasteiger partial charge in [0.15, 0.2) is 0 Å². The Balaban J connectivity index is 1.88. The molecule has 0 bridgehead atoms. The van der Waals surface area contributed by atoms with Gasteiger partial charge in [-0.1, -0.05) is 0 Å². The molecule has 0 fully saturated rings. The van der Waals surface area contributed by atoms with Crippen molar-refractivity contribution in [2.75, 3.05) is 32.2 Å². The Kier molecular flexibility index (Phi) is 3.17. The van der Waals surface area contributed by atoms with Crippen LogP contribution in [0.15, 0.2) is 0 Å². The fourth-order valence-corrected chi connectivity index (χ4v) is 1.69. The number of fused-ring (bicyclic) bond motifs is 1. The van der Waals surface area contributed by atoms with Gasteiger partial charge >= 0.3 is 0 Å². The predicted molar refractivity (Wildman–Crippen MR) is 56.4 cm³/mol. The minimum atomic E-state index is 0.805. The van der Waals surface area contributed by atoms with Gasteiger partial charge in [0.2, 0.25) is 5.95 Å². The number of nitrogens with zero attached hydrogens (tertiary/aromatic N) is 4. The lowest BCUT2D eigenvalue weighted by molar-refractivity contribution is 0.153. The van der Waals surface area contributed by atoms with Crippen LogP contribution < -0.4 is 5.32 Å². The van der Waals surface area contributed by atoms with E-state index in [-0.39, 0.29) is 0 Å². The molecule has 6 heteroatoms. The summed E-state index contributed by atoms with van der Waals surface area (Å²) in [4.78, 5) is 6.55. The van der Waals surface area contributed by atoms with E-state index >= 15 is 0 Å². The minimum Gasteiger partial charge on any atom is -0.385 e. The summed E-state index contributed by atoms with van der Waals surface area (Å²) < 4.78 is 6.92. The highest BCUT2D eigenvalue weighted by Crippen LogP contribution is 2.11. The maximum absolute atomic E-state index is 5.02. The third kappa shape index (κ3) is 2.45. The second-order valence-electron chi connectivity index (χ2n) is 3.70. The van der Waals surface area contributed by atoms with Crippen LogP contribution in [0.1, 0.15) is 12.2 Å². The second-order valence-corrected chi connectivity index (χ2v) is 3.70. The quantitative estimate of drug-likeness (QED) is 0.724. The number of hydrogen-bond donors (Lipinski definition) is 1. The van der Waals surface area contributed by atoms with Crippen molar-refractivity contribution < 1.29 is 4.74 Å². The molecule has 2 rings (SSSR count). The van der Waals surface area contributed by atoms with Gasteiger partial charge in [0.25, 0.3) is 0 Å². The summed E-state index contributed by atoms with van der Waals surface area (Å²) in [6.45, 7) is 5.37. The third-order valence-corrected chi connectivity index (χ3v) is 2.40. The Morgan fingerprint density at radius 1 is 1.53 bits per heavy atom. The van der Waals surface area contributed by atoms with E-state index in [0.29, 0.717) is 0 Å². The highest BCUT2D eigenvalue weighted by molar-refractivity contribution is 5.25. The van der Waals surface area contributed by atoms with E-state index in [4.69, 9.17) is 4.74 Å². The summed E-state index contributed by atoms with van der Waals surface area (Å²) in [5.74, 6) is 1.69. The van der Waals surface area contributed by atoms with Gasteiger partial charge in [-0.25, -0.2) is 4.68 Å². The van der Waals surface area contributed by atoms with Crippen LogP contribution in [0.4, 0.5) is 5.95 Å². The van der Waals surface area contributed by atoms with Crippen LogP contribution in [0.2, 0.25) is 0 Å². The first-order valence-corrected chi connectivity index (χ1v) is 5.16. The average Bonchev–Trinajstić information content (AvgIpc) is 2.57. The molecule has 0 saturated heterocycles. The SMILES string of the molecule is COCCCN1CNc2nc(C)nn2C1. The molecular formula is C9H17N5O. The van der Waals surface area contributed by atoms with E-state index in [1.54, 1.807) is 7.11 Å². The van der Waals surface area contributed by atoms with Crippen LogP contribution in [0, 0.1) is 6.92 Å². The Morgan fingerprint density at radius 3 is 3.20 bits per heavy atom. The molecule has 84 valence electrons. The zero-order valence-electron chi connectivity index (χ0n) is 9.23. The van der Waals surface area contributed by atoms with Crippen molar-refractivity contribution in [3.05, 3.63) is 5.82 Å². The molecule has 0 aliphatic carbocycles. The largest absolute Gasteiger partial charge is 0.385 e. The van der Waals surface area contributed by atoms with Crippen molar-refractivity contribution >= 4 is 5.95 Å². The van der Waals surface area contributed by atoms with Crippen LogP contribution in [0.25, 0.3) is 0 Å². The number of hydrogen-bond acceptors (Lipinski definition) is 5. The molecule has 0 radical (unpaired) electrons. The zero-order chi connectivity index (χ0) is 10.7. The highest BCUT2D eigenvalue weighted by atomic mass is 16.5. The zero-order valence-corrected chi connectivity index (χ0v) is 9.23. The lowest BCUT2D eigenvalue weighted by Crippen LogP contribution is -2.38. The van der Waals surface area contributed by atoms with E-state index in [0.717, 1.165) is 44.7 Å². The van der Waals surface area contributed by atoms with E-state index < -0.39 is 0 Å². The summed E-state index contributed by atoms with van der Waals surface area (Å²) in [5.41, 5.74) is 0. The van der Waals surface area contributed by atoms with Gasteiger partial charge in [0.1, 0.15) is 5.82 Å². The van der Waals surface area contributed by atoms with E-state index in [1.165, 1.54) is 0 Å². The van der Waals surface area contributed by atoms with Gasteiger partial charge in [0.05, 0.1) is 13.3 Å². The summed E-state index contributed by atoms with van der Waals surface area (Å²) in [6.07, 6.45) is 1.04. The van der Waals surface area contributed by atoms with E-state index in [2.05, 4.69) is 20.3 Å². The van der Waals surface area contributed by atoms with Crippen LogP contribution in [-0.2, 0) is 11.4 Å². The topological polar surface area (TPSA) is 55.2 Å². The molecule has 15 heavy (non-hydrogen) atoms. The van der Waals surface area contributed by atoms with Gasteiger partial charge < -0.3 is 10.1 Å². The molecule has 0 amide bonds. The number of ether oxygens (including phenoxy) is 1. The van der Waals surface area contributed by atoms with Gasteiger partial charge in [-0.2, -0.15) is 10.1 Å². The Hall–Kier alpha value is -1.14. The van der Waals surface area contributed by atoms with Crippen molar-refractivity contribution in [3.63, 3.8) is 0 Å². The average molecular weight is 211 g/mol. The molecule has 2 heterocycles. The number of methoxy groups -OCH3 is 1. The van der Waals surface area contributed by atoms with E-state index in [1.807, 2.05) is 11.6 Å². The molecule has 1 aliphatic rings. The van der Waals surface area contributed by atoms with Crippen LogP contribution in [0.5, 0.6) is 0 Å².